The van der Waals surface area contributed by atoms with Gasteiger partial charge >= 0.3 is 173 Å². The van der Waals surface area contributed by atoms with E-state index in [1.54, 1.807) is 13.7 Å². The number of alkyl halides is 1. The second-order valence-electron chi connectivity index (χ2n) is 24.7. The Kier molecular flexibility index (Phi) is 58.1. The number of halogens is 1. The molecule has 30 heteroatoms. The topological polar surface area (TPSA) is 344 Å². The molecule has 8 unspecified atom stereocenters. The Morgan fingerprint density at radius 3 is 1.36 bits per heavy atom. The molecular weight excluding hydrogens is 1240 g/mol. The van der Waals surface area contributed by atoms with E-state index in [4.69, 9.17) is 26.7 Å². The Balaban J connectivity index is 0. The number of allylic oxidation sites excluding steroid dienone is 3. The number of aliphatic hydroxyl groups excluding tert-OH is 2. The molecule has 92 heavy (non-hydrogen) atoms. The molecule has 26 nitrogen and oxygen atoms in total. The number of rotatable bonds is 26. The normalized spacial score (nSPS) is 28.2. The van der Waals surface area contributed by atoms with Crippen molar-refractivity contribution in [1.29, 1.82) is 0 Å². The van der Waals surface area contributed by atoms with Gasteiger partial charge in [0.15, 0.2) is 0 Å². The van der Waals surface area contributed by atoms with Crippen LogP contribution in [-0.2, 0) is 9.41 Å². The van der Waals surface area contributed by atoms with E-state index < -0.39 is 4.92 Å². The van der Waals surface area contributed by atoms with Crippen LogP contribution >= 0.6 is 15.9 Å². The first-order valence-corrected chi connectivity index (χ1v) is 35.9. The van der Waals surface area contributed by atoms with Crippen LogP contribution in [0.1, 0.15) is 121 Å². The third-order valence-corrected chi connectivity index (χ3v) is 18.4. The third-order valence-electron chi connectivity index (χ3n) is 18.1. The molecule has 8 heterocycles. The van der Waals surface area contributed by atoms with Crippen molar-refractivity contribution in [2.75, 3.05) is 175 Å². The minimum atomic E-state index is -0.569. The summed E-state index contributed by atoms with van der Waals surface area (Å²) in [5.74, 6) is 3.86. The smallest absolute Gasteiger partial charge is 0.229 e. The van der Waals surface area contributed by atoms with E-state index in [1.807, 2.05) is 39.0 Å². The molecule has 4 bridgehead atoms. The largest absolute Gasteiger partial charge is 0.390 e. The van der Waals surface area contributed by atoms with Gasteiger partial charge in [-0.2, -0.15) is 0 Å². The van der Waals surface area contributed by atoms with Crippen LogP contribution in [0.15, 0.2) is 24.3 Å². The van der Waals surface area contributed by atoms with Crippen molar-refractivity contribution < 1.29 is 39.4 Å². The minimum absolute atomic E-state index is 0.0972. The average molecular weight is 1380 g/mol. The number of nitrogens with one attached hydrogen (secondary N) is 4. The SMILES string of the molecule is C/C=C/CBr.C/C=C/CNCC.CB(O)NC1CN2CCC1C2.CCC[N+](=O)[O-].CCN1CC(NCB=O)[C@@H](CCO)C1.CC[C@H]1CN(CC)CC1NCB=O.CC[C@H]1CN(CC)C[C@@H]1N.CC[C@H]1CN(CC)C[C@@H]1[N+](=O)[O-].NC1CN2CCC1C2.O=[N+]([O-])CCO. The minimum Gasteiger partial charge on any atom is -0.390 e. The van der Waals surface area contributed by atoms with Crippen LogP contribution < -0.4 is 32.6 Å². The second-order valence-corrected chi connectivity index (χ2v) is 25.4. The Morgan fingerprint density at radius 2 is 1.07 bits per heavy atom. The molecule has 0 aromatic heterocycles. The van der Waals surface area contributed by atoms with Crippen molar-refractivity contribution in [2.45, 2.75) is 164 Å². The molecule has 0 aromatic carbocycles. The number of nitrogens with zero attached hydrogens (tertiary/aromatic N) is 9. The van der Waals surface area contributed by atoms with Crippen LogP contribution in [0.4, 0.5) is 0 Å². The molecule has 0 aromatic rings. The van der Waals surface area contributed by atoms with Crippen LogP contribution in [-0.4, -0.2) is 292 Å². The summed E-state index contributed by atoms with van der Waals surface area (Å²) >= 11 is 3.22. The van der Waals surface area contributed by atoms with Gasteiger partial charge in [-0.15, -0.1) is 0 Å². The fraction of sp³-hybridized carbons (Fsp3) is 0.935. The predicted octanol–water partition coefficient (Wildman–Crippen LogP) is 3.37. The van der Waals surface area contributed by atoms with Gasteiger partial charge in [0.2, 0.25) is 19.1 Å². The first kappa shape index (κ1) is 91.4. The second kappa shape index (κ2) is 58.5. The van der Waals surface area contributed by atoms with Gasteiger partial charge in [-0.05, 0) is 90.4 Å². The molecule has 11 N–H and O–H groups in total. The molecule has 8 rings (SSSR count). The number of likely N-dealkylation sites (tertiary alicyclic amines) is 4. The Labute approximate surface area is 565 Å². The number of fused-ring (bicyclic) bond motifs is 4. The van der Waals surface area contributed by atoms with Crippen molar-refractivity contribution >= 4 is 37.3 Å². The van der Waals surface area contributed by atoms with Gasteiger partial charge in [0, 0.05) is 103 Å². The van der Waals surface area contributed by atoms with Gasteiger partial charge in [0.05, 0.1) is 6.54 Å². The molecule has 8 fully saturated rings. The number of piperidine rings is 2. The number of likely N-dealkylation sites (N-methyl/N-ethyl adjacent to an activating group) is 5. The van der Waals surface area contributed by atoms with Gasteiger partial charge in [-0.3, -0.25) is 35.2 Å². The van der Waals surface area contributed by atoms with E-state index in [0.717, 1.165) is 141 Å². The molecule has 8 aliphatic rings. The maximum atomic E-state index is 10.6. The van der Waals surface area contributed by atoms with Crippen molar-refractivity contribution in [2.24, 2.45) is 47.0 Å². The molecule has 0 aliphatic carbocycles. The molecule has 536 valence electrons. The summed E-state index contributed by atoms with van der Waals surface area (Å²) in [6.07, 6.45) is 16.6. The summed E-state index contributed by atoms with van der Waals surface area (Å²) in [4.78, 5) is 42.5. The van der Waals surface area contributed by atoms with Gasteiger partial charge < -0.3 is 46.8 Å². The maximum Gasteiger partial charge on any atom is 0.229 e. The molecule has 0 spiro atoms. The molecule has 0 amide bonds. The molecule has 14 atom stereocenters. The maximum absolute atomic E-state index is 10.6. The fourth-order valence-electron chi connectivity index (χ4n) is 12.5. The number of nitrogens with two attached hydrogens (primary N) is 2. The van der Waals surface area contributed by atoms with Crippen molar-refractivity contribution in [3.63, 3.8) is 0 Å². The van der Waals surface area contributed by atoms with E-state index in [9.17, 15) is 39.8 Å². The summed E-state index contributed by atoms with van der Waals surface area (Å²) in [7, 11) is 1.49. The summed E-state index contributed by atoms with van der Waals surface area (Å²) in [5, 5.41) is 68.9. The summed E-state index contributed by atoms with van der Waals surface area (Å²) in [5.41, 5.74) is 11.7. The van der Waals surface area contributed by atoms with Crippen LogP contribution in [0.25, 0.3) is 0 Å². The molecule has 0 saturated carbocycles. The van der Waals surface area contributed by atoms with Crippen molar-refractivity contribution in [3.05, 3.63) is 54.6 Å². The zero-order chi connectivity index (χ0) is 69.8. The van der Waals surface area contributed by atoms with Gasteiger partial charge in [-0.25, -0.2) is 0 Å². The molecular formula is C62H131B3BrN15O11. The van der Waals surface area contributed by atoms with Gasteiger partial charge in [0.25, 0.3) is 0 Å². The summed E-state index contributed by atoms with van der Waals surface area (Å²) < 4.78 is 20.5. The van der Waals surface area contributed by atoms with Crippen LogP contribution in [0.5, 0.6) is 0 Å². The van der Waals surface area contributed by atoms with E-state index in [1.165, 1.54) is 65.0 Å². The molecule has 0 radical (unpaired) electrons. The van der Waals surface area contributed by atoms with Gasteiger partial charge in [-0.1, -0.05) is 88.2 Å². The summed E-state index contributed by atoms with van der Waals surface area (Å²) in [6, 6.07) is 2.05. The zero-order valence-corrected chi connectivity index (χ0v) is 60.8. The number of hydrogen-bond acceptors (Lipinski definition) is 23. The van der Waals surface area contributed by atoms with Gasteiger partial charge in [0.1, 0.15) is 6.61 Å². The monoisotopic (exact) mass is 1370 g/mol. The van der Waals surface area contributed by atoms with Crippen molar-refractivity contribution in [3.8, 4) is 0 Å². The first-order chi connectivity index (χ1) is 44.1. The van der Waals surface area contributed by atoms with E-state index in [0.29, 0.717) is 62.0 Å². The van der Waals surface area contributed by atoms with E-state index in [-0.39, 0.29) is 55.2 Å². The number of aliphatic hydroxyl groups is 2. The van der Waals surface area contributed by atoms with E-state index >= 15 is 0 Å². The van der Waals surface area contributed by atoms with Crippen LogP contribution in [0.2, 0.25) is 6.82 Å². The fourth-order valence-corrected chi connectivity index (χ4v) is 12.9. The standard InChI is InChI=1S/C9H19BN2O2.C9H19BN2O.C8H16N2O2.C8H18N2.C7H15BN2O.C6H12N2.C6H13N.C4H7Br.C3H7NO2.C2H5NO3/c1-2-12-5-8(3-4-13)9(6-12)11-7-10-14;1-3-8-5-12(4-2)6-9(8)11-7-10-13;1-3-7-5-9(4-2)6-8(7)10(11)12;1-3-7-5-10(4-2)6-8(7)9;1-8(11)9-7-5-10-3-2-6(7)4-10;7-6-4-8-2-1-5(6)3-8;1-3-5-6-7-4-2;1-2-3-4-5;1-2-3-4(5)6;4-2-1-3(5)6/h8-9,11,13H,2-7H2,1H3;8-9,11H,3-7H2,1-2H3;7-8H,3-6H2,1-2H3;7-8H,3-6,9H2,1-2H3;6-7,9,11H,2-5H2,1H3;5-6H,1-4,7H2;3,5,7H,4,6H2,1-2H3;2-3H,4H2,1H3;2-3H2,1H3;4H,1-2H2/b;;;;;;5-3+;3-2+;;/t2*8-,9?;2*7-,8-;;;;;;/m0000....../s1. The zero-order valence-electron chi connectivity index (χ0n) is 59.2. The quantitative estimate of drug-likeness (QED) is 0.0150. The summed E-state index contributed by atoms with van der Waals surface area (Å²) in [6.45, 7) is 46.3. The van der Waals surface area contributed by atoms with Crippen LogP contribution in [0.3, 0.4) is 0 Å². The molecule has 8 saturated heterocycles. The average Bonchev–Trinajstić information content (AvgIpc) is 1.96. The Morgan fingerprint density at radius 1 is 0.587 bits per heavy atom. The number of nitro groups is 3. The third kappa shape index (κ3) is 42.1. The Bertz CT molecular complexity index is 1890. The first-order valence-electron chi connectivity index (χ1n) is 34.8. The van der Waals surface area contributed by atoms with E-state index in [2.05, 4.69) is 121 Å². The van der Waals surface area contributed by atoms with Crippen molar-refractivity contribution in [1.82, 2.24) is 50.6 Å². The van der Waals surface area contributed by atoms with Crippen LogP contribution in [0, 0.1) is 65.9 Å². The Hall–Kier alpha value is -2.65. The molecule has 8 aliphatic heterocycles. The predicted molar refractivity (Wildman–Crippen MR) is 381 cm³/mol. The number of hydrogen-bond donors (Lipinski definition) is 9.